The van der Waals surface area contributed by atoms with Crippen LogP contribution in [0.2, 0.25) is 0 Å². The van der Waals surface area contributed by atoms with Crippen molar-refractivity contribution < 1.29 is 27.2 Å². The maximum Gasteiger partial charge on any atom is 0.304 e. The largest absolute Gasteiger partial charge is 0.350 e. The van der Waals surface area contributed by atoms with E-state index < -0.39 is 22.2 Å². The van der Waals surface area contributed by atoms with E-state index in [1.807, 2.05) is 4.90 Å². The van der Waals surface area contributed by atoms with Gasteiger partial charge in [0, 0.05) is 41.1 Å². The van der Waals surface area contributed by atoms with Gasteiger partial charge < -0.3 is 15.2 Å². The highest BCUT2D eigenvalue weighted by Gasteiger charge is 2.46. The Kier molecular flexibility index (Phi) is 11.3. The number of nitrogens with one attached hydrogen (secondary N) is 3. The molecule has 3 N–H and O–H groups in total. The molecule has 2 heterocycles. The quantitative estimate of drug-likeness (QED) is 0.263. The Morgan fingerprint density at radius 2 is 1.64 bits per heavy atom. The minimum absolute atomic E-state index is 0.0577. The SMILES string of the molecule is CC(C)N(C(C)C)S(=O)(=O)NC(=O)c1cc2cc(NC(=O)[C@@H]3[C@H](C4CCCCC4)CCN3C(=O)C3CCC(CCF)CC3)ccc2[nH]1. The Morgan fingerprint density at radius 1 is 0.957 bits per heavy atom. The van der Waals surface area contributed by atoms with Gasteiger partial charge in [-0.1, -0.05) is 32.1 Å². The maximum atomic E-state index is 14.1. The Bertz CT molecular complexity index is 1520. The molecule has 0 radical (unpaired) electrons. The van der Waals surface area contributed by atoms with Gasteiger partial charge in [0.1, 0.15) is 11.7 Å². The van der Waals surface area contributed by atoms with E-state index >= 15 is 0 Å². The minimum atomic E-state index is -4.07. The first-order chi connectivity index (χ1) is 22.4. The van der Waals surface area contributed by atoms with Gasteiger partial charge in [0.05, 0.1) is 6.67 Å². The van der Waals surface area contributed by atoms with E-state index in [0.29, 0.717) is 41.4 Å². The molecule has 2 aromatic rings. The summed E-state index contributed by atoms with van der Waals surface area (Å²) in [4.78, 5) is 45.8. The molecule has 2 aliphatic carbocycles. The highest BCUT2D eigenvalue weighted by atomic mass is 32.2. The number of benzene rings is 1. The summed E-state index contributed by atoms with van der Waals surface area (Å²) >= 11 is 0. The van der Waals surface area contributed by atoms with Crippen molar-refractivity contribution in [3.05, 3.63) is 30.0 Å². The molecule has 0 unspecified atom stereocenters. The zero-order valence-corrected chi connectivity index (χ0v) is 29.1. The molecular formula is C35H52FN5O5S. The fraction of sp³-hybridized carbons (Fsp3) is 0.686. The van der Waals surface area contributed by atoms with E-state index in [9.17, 15) is 27.2 Å². The second-order valence-corrected chi connectivity index (χ2v) is 16.0. The van der Waals surface area contributed by atoms with Crippen molar-refractivity contribution in [3.63, 3.8) is 0 Å². The van der Waals surface area contributed by atoms with Crippen LogP contribution >= 0.6 is 0 Å². The molecule has 2 saturated carbocycles. The van der Waals surface area contributed by atoms with Gasteiger partial charge in [0.15, 0.2) is 0 Å². The molecule has 1 aromatic carbocycles. The molecule has 1 aliphatic heterocycles. The Labute approximate surface area is 278 Å². The van der Waals surface area contributed by atoms with Gasteiger partial charge >= 0.3 is 10.2 Å². The van der Waals surface area contributed by atoms with Crippen molar-refractivity contribution in [1.82, 2.24) is 18.9 Å². The lowest BCUT2D eigenvalue weighted by Crippen LogP contribution is -2.49. The summed E-state index contributed by atoms with van der Waals surface area (Å²) in [7, 11) is -4.07. The van der Waals surface area contributed by atoms with Crippen LogP contribution in [0.25, 0.3) is 10.9 Å². The van der Waals surface area contributed by atoms with Gasteiger partial charge in [0.2, 0.25) is 11.8 Å². The van der Waals surface area contributed by atoms with Crippen LogP contribution in [0, 0.1) is 23.7 Å². The zero-order valence-electron chi connectivity index (χ0n) is 28.3. The van der Waals surface area contributed by atoms with Crippen LogP contribution in [0.4, 0.5) is 10.1 Å². The van der Waals surface area contributed by atoms with E-state index in [2.05, 4.69) is 15.0 Å². The number of alkyl halides is 1. The molecule has 0 spiro atoms. The smallest absolute Gasteiger partial charge is 0.304 e. The number of halogens is 1. The zero-order chi connectivity index (χ0) is 33.9. The Balaban J connectivity index is 1.32. The van der Waals surface area contributed by atoms with E-state index in [1.54, 1.807) is 52.0 Å². The maximum absolute atomic E-state index is 14.1. The Morgan fingerprint density at radius 3 is 2.28 bits per heavy atom. The molecule has 1 aromatic heterocycles. The molecule has 5 rings (SSSR count). The Hall–Kier alpha value is -2.99. The summed E-state index contributed by atoms with van der Waals surface area (Å²) in [5.41, 5.74) is 1.25. The molecule has 0 bridgehead atoms. The molecule has 3 aliphatic rings. The minimum Gasteiger partial charge on any atom is -0.350 e. The van der Waals surface area contributed by atoms with Crippen molar-refractivity contribution in [2.24, 2.45) is 23.7 Å². The second kappa shape index (κ2) is 15.1. The number of rotatable bonds is 11. The number of hydrogen-bond acceptors (Lipinski definition) is 5. The van der Waals surface area contributed by atoms with Crippen molar-refractivity contribution in [2.45, 2.75) is 116 Å². The third-order valence-corrected chi connectivity index (χ3v) is 12.5. The van der Waals surface area contributed by atoms with E-state index in [0.717, 1.165) is 57.8 Å². The first kappa shape index (κ1) is 35.3. The molecule has 260 valence electrons. The third kappa shape index (κ3) is 8.01. The van der Waals surface area contributed by atoms with Crippen molar-refractivity contribution in [1.29, 1.82) is 0 Å². The highest BCUT2D eigenvalue weighted by molar-refractivity contribution is 7.87. The predicted molar refractivity (Wildman–Crippen MR) is 182 cm³/mol. The standard InChI is InChI=1S/C35H52FN5O5S/c1-22(2)41(23(3)4)47(45,46)39-33(42)31-21-27-20-28(14-15-30(27)38-31)37-34(43)32-29(25-8-6-5-7-9-25)17-19-40(32)35(44)26-12-10-24(11-13-26)16-18-36/h14-15,20-26,29,32,38H,5-13,16-19H2,1-4H3,(H,37,43)(H,39,42)/t24?,26?,29-,32-/m0/s1. The van der Waals surface area contributed by atoms with Gasteiger partial charge in [-0.25, -0.2) is 4.72 Å². The summed E-state index contributed by atoms with van der Waals surface area (Å²) in [6.45, 7) is 7.26. The summed E-state index contributed by atoms with van der Waals surface area (Å²) in [6.07, 6.45) is 10.2. The first-order valence-corrected chi connectivity index (χ1v) is 19.0. The number of nitrogens with zero attached hydrogens (tertiary/aromatic N) is 2. The summed E-state index contributed by atoms with van der Waals surface area (Å²) in [6, 6.07) is 5.61. The lowest BCUT2D eigenvalue weighted by molar-refractivity contribution is -0.142. The average Bonchev–Trinajstić information content (AvgIpc) is 3.66. The lowest BCUT2D eigenvalue weighted by atomic mass is 9.76. The number of carbonyl (C=O) groups is 3. The summed E-state index contributed by atoms with van der Waals surface area (Å²) < 4.78 is 42.3. The van der Waals surface area contributed by atoms with Crippen LogP contribution < -0.4 is 10.0 Å². The normalized spacial score (nSPS) is 24.4. The van der Waals surface area contributed by atoms with Crippen LogP contribution in [0.15, 0.2) is 24.3 Å². The molecule has 1 saturated heterocycles. The summed E-state index contributed by atoms with van der Waals surface area (Å²) in [5.74, 6) is -0.181. The van der Waals surface area contributed by atoms with E-state index in [1.165, 1.54) is 10.7 Å². The number of aromatic amines is 1. The van der Waals surface area contributed by atoms with Crippen LogP contribution in [0.1, 0.15) is 109 Å². The van der Waals surface area contributed by atoms with Crippen molar-refractivity contribution in [3.8, 4) is 0 Å². The molecule has 2 atom stereocenters. The van der Waals surface area contributed by atoms with Crippen LogP contribution in [0.5, 0.6) is 0 Å². The highest BCUT2D eigenvalue weighted by Crippen LogP contribution is 2.41. The van der Waals surface area contributed by atoms with Crippen LogP contribution in [0.3, 0.4) is 0 Å². The number of likely N-dealkylation sites (tertiary alicyclic amines) is 1. The van der Waals surface area contributed by atoms with Crippen molar-refractivity contribution in [2.75, 3.05) is 18.5 Å². The first-order valence-electron chi connectivity index (χ1n) is 17.5. The van der Waals surface area contributed by atoms with Gasteiger partial charge in [-0.05, 0) is 108 Å². The van der Waals surface area contributed by atoms with Gasteiger partial charge in [-0.15, -0.1) is 0 Å². The van der Waals surface area contributed by atoms with Gasteiger partial charge in [-0.2, -0.15) is 12.7 Å². The molecule has 47 heavy (non-hydrogen) atoms. The number of anilines is 1. The second-order valence-electron chi connectivity index (χ2n) is 14.5. The van der Waals surface area contributed by atoms with Crippen molar-refractivity contribution >= 4 is 44.5 Å². The predicted octanol–water partition coefficient (Wildman–Crippen LogP) is 6.16. The molecular weight excluding hydrogens is 621 g/mol. The third-order valence-electron chi connectivity index (χ3n) is 10.6. The van der Waals surface area contributed by atoms with E-state index in [-0.39, 0.29) is 48.1 Å². The summed E-state index contributed by atoms with van der Waals surface area (Å²) in [5, 5.41) is 3.72. The number of amides is 3. The number of hydrogen-bond donors (Lipinski definition) is 3. The lowest BCUT2D eigenvalue weighted by Gasteiger charge is -2.36. The van der Waals surface area contributed by atoms with Crippen LogP contribution in [-0.4, -0.2) is 71.7 Å². The number of carbonyl (C=O) groups excluding carboxylic acids is 3. The fourth-order valence-electron chi connectivity index (χ4n) is 8.47. The average molecular weight is 674 g/mol. The molecule has 12 heteroatoms. The number of H-pyrrole nitrogens is 1. The molecule has 3 amide bonds. The topological polar surface area (TPSA) is 132 Å². The fourth-order valence-corrected chi connectivity index (χ4v) is 10.0. The van der Waals surface area contributed by atoms with Gasteiger partial charge in [0.25, 0.3) is 5.91 Å². The van der Waals surface area contributed by atoms with E-state index in [4.69, 9.17) is 0 Å². The van der Waals surface area contributed by atoms with Gasteiger partial charge in [-0.3, -0.25) is 18.8 Å². The number of fused-ring (bicyclic) bond motifs is 1. The van der Waals surface area contributed by atoms with Crippen LogP contribution in [-0.2, 0) is 19.8 Å². The monoisotopic (exact) mass is 673 g/mol. The molecule has 3 fully saturated rings. The molecule has 10 nitrogen and oxygen atoms in total. The number of aromatic nitrogens is 1.